The Morgan fingerprint density at radius 1 is 1.12 bits per heavy atom. The molecule has 0 heterocycles. The Bertz CT molecular complexity index is 314. The largest absolute Gasteiger partial charge is 0.383 e. The van der Waals surface area contributed by atoms with Crippen LogP contribution in [-0.2, 0) is 9.47 Å². The highest BCUT2D eigenvalue weighted by Gasteiger charge is 2.02. The predicted molar refractivity (Wildman–Crippen MR) is 77.6 cm³/mol. The molecule has 0 saturated carbocycles. The molecule has 0 aliphatic heterocycles. The first-order valence-corrected chi connectivity index (χ1v) is 7.09. The van der Waals surface area contributed by atoms with Gasteiger partial charge in [0.1, 0.15) is 0 Å². The molecule has 0 amide bonds. The Hall–Kier alpha value is -0.100. The highest BCUT2D eigenvalue weighted by atomic mass is 79.9. The summed E-state index contributed by atoms with van der Waals surface area (Å²) in [4.78, 5) is 0. The minimum atomic E-state index is 0.656. The van der Waals surface area contributed by atoms with Gasteiger partial charge < -0.3 is 14.8 Å². The van der Waals surface area contributed by atoms with Crippen molar-refractivity contribution in [3.8, 4) is 0 Å². The summed E-state index contributed by atoms with van der Waals surface area (Å²) in [5, 5.41) is 3.37. The van der Waals surface area contributed by atoms with Crippen LogP contribution in [0, 0.1) is 0 Å². The minimum Gasteiger partial charge on any atom is -0.383 e. The molecule has 96 valence electrons. The summed E-state index contributed by atoms with van der Waals surface area (Å²) in [5.41, 5.74) is 1.09. The van der Waals surface area contributed by atoms with E-state index in [1.165, 1.54) is 0 Å². The average Bonchev–Trinajstić information content (AvgIpc) is 2.31. The number of hydrogen-bond donors (Lipinski definition) is 1. The smallest absolute Gasteiger partial charge is 0.0700 e. The number of nitrogens with one attached hydrogen (secondary N) is 1. The quantitative estimate of drug-likeness (QED) is 0.712. The second-order valence-corrected chi connectivity index (χ2v) is 5.19. The fourth-order valence-electron chi connectivity index (χ4n) is 1.30. The molecule has 0 unspecified atom stereocenters. The van der Waals surface area contributed by atoms with Crippen LogP contribution in [0.25, 0.3) is 0 Å². The molecule has 3 nitrogen and oxygen atoms in total. The van der Waals surface area contributed by atoms with Crippen molar-refractivity contribution in [3.63, 3.8) is 0 Å². The molecule has 17 heavy (non-hydrogen) atoms. The fourth-order valence-corrected chi connectivity index (χ4v) is 2.58. The van der Waals surface area contributed by atoms with Gasteiger partial charge in [-0.25, -0.2) is 0 Å². The molecule has 0 aromatic heterocycles. The van der Waals surface area contributed by atoms with Gasteiger partial charge in [0, 0.05) is 29.2 Å². The van der Waals surface area contributed by atoms with Gasteiger partial charge in [-0.1, -0.05) is 6.07 Å². The summed E-state index contributed by atoms with van der Waals surface area (Å²) in [7, 11) is 1.68. The SMILES string of the molecule is COCCOCCCNc1c(Br)cccc1Br. The maximum Gasteiger partial charge on any atom is 0.0700 e. The van der Waals surface area contributed by atoms with Crippen LogP contribution in [0.2, 0.25) is 0 Å². The number of anilines is 1. The third-order valence-corrected chi connectivity index (χ3v) is 3.48. The molecule has 0 aliphatic rings. The number of hydrogen-bond acceptors (Lipinski definition) is 3. The molecule has 1 rings (SSSR count). The molecule has 0 aliphatic carbocycles. The van der Waals surface area contributed by atoms with Crippen LogP contribution in [0.5, 0.6) is 0 Å². The van der Waals surface area contributed by atoms with Crippen LogP contribution in [-0.4, -0.2) is 33.5 Å². The molecule has 0 atom stereocenters. The number of methoxy groups -OCH3 is 1. The normalized spacial score (nSPS) is 10.5. The number of para-hydroxylation sites is 1. The van der Waals surface area contributed by atoms with Crippen LogP contribution in [0.1, 0.15) is 6.42 Å². The Morgan fingerprint density at radius 2 is 1.82 bits per heavy atom. The highest BCUT2D eigenvalue weighted by Crippen LogP contribution is 2.30. The zero-order valence-corrected chi connectivity index (χ0v) is 13.0. The van der Waals surface area contributed by atoms with Crippen LogP contribution >= 0.6 is 31.9 Å². The summed E-state index contributed by atoms with van der Waals surface area (Å²) in [6.07, 6.45) is 0.970. The summed E-state index contributed by atoms with van der Waals surface area (Å²) in [6.45, 7) is 2.95. The maximum absolute atomic E-state index is 5.38. The molecular formula is C12H17Br2NO2. The number of ether oxygens (including phenoxy) is 2. The Labute approximate surface area is 119 Å². The van der Waals surface area contributed by atoms with Crippen molar-refractivity contribution in [3.05, 3.63) is 27.1 Å². The number of benzene rings is 1. The van der Waals surface area contributed by atoms with E-state index < -0.39 is 0 Å². The topological polar surface area (TPSA) is 30.5 Å². The van der Waals surface area contributed by atoms with Crippen molar-refractivity contribution in [2.75, 3.05) is 38.8 Å². The van der Waals surface area contributed by atoms with Gasteiger partial charge in [0.05, 0.1) is 18.9 Å². The first-order chi connectivity index (χ1) is 8.25. The number of rotatable bonds is 8. The third-order valence-electron chi connectivity index (χ3n) is 2.16. The molecule has 0 bridgehead atoms. The van der Waals surface area contributed by atoms with Crippen molar-refractivity contribution in [1.29, 1.82) is 0 Å². The molecule has 1 aromatic rings. The number of halogens is 2. The van der Waals surface area contributed by atoms with E-state index in [1.54, 1.807) is 7.11 Å². The van der Waals surface area contributed by atoms with Crippen LogP contribution in [0.3, 0.4) is 0 Å². The van der Waals surface area contributed by atoms with E-state index in [-0.39, 0.29) is 0 Å². The van der Waals surface area contributed by atoms with Crippen molar-refractivity contribution < 1.29 is 9.47 Å². The Kier molecular flexibility index (Phi) is 7.84. The lowest BCUT2D eigenvalue weighted by Gasteiger charge is -2.10. The standard InChI is InChI=1S/C12H17Br2NO2/c1-16-8-9-17-7-3-6-15-12-10(13)4-2-5-11(12)14/h2,4-5,15H,3,6-9H2,1H3. The molecule has 0 radical (unpaired) electrons. The Balaban J connectivity index is 2.18. The van der Waals surface area contributed by atoms with Gasteiger partial charge >= 0.3 is 0 Å². The third kappa shape index (κ3) is 5.86. The highest BCUT2D eigenvalue weighted by molar-refractivity contribution is 9.11. The minimum absolute atomic E-state index is 0.656. The monoisotopic (exact) mass is 365 g/mol. The van der Waals surface area contributed by atoms with Gasteiger partial charge in [-0.05, 0) is 50.4 Å². The van der Waals surface area contributed by atoms with Gasteiger partial charge in [-0.2, -0.15) is 0 Å². The van der Waals surface area contributed by atoms with Crippen molar-refractivity contribution in [1.82, 2.24) is 0 Å². The second kappa shape index (κ2) is 8.91. The predicted octanol–water partition coefficient (Wildman–Crippen LogP) is 3.68. The summed E-state index contributed by atoms with van der Waals surface area (Å²) in [5.74, 6) is 0. The summed E-state index contributed by atoms with van der Waals surface area (Å²) >= 11 is 7.02. The van der Waals surface area contributed by atoms with E-state index in [1.807, 2.05) is 18.2 Å². The van der Waals surface area contributed by atoms with Gasteiger partial charge in [0.2, 0.25) is 0 Å². The molecule has 0 spiro atoms. The zero-order chi connectivity index (χ0) is 12.5. The average molecular weight is 367 g/mol. The van der Waals surface area contributed by atoms with E-state index in [4.69, 9.17) is 9.47 Å². The Morgan fingerprint density at radius 3 is 2.47 bits per heavy atom. The molecule has 0 saturated heterocycles. The molecule has 0 fully saturated rings. The van der Waals surface area contributed by atoms with Gasteiger partial charge in [0.15, 0.2) is 0 Å². The summed E-state index contributed by atoms with van der Waals surface area (Å²) < 4.78 is 12.4. The lowest BCUT2D eigenvalue weighted by molar-refractivity contribution is 0.0705. The maximum atomic E-state index is 5.38. The molecular weight excluding hydrogens is 350 g/mol. The summed E-state index contributed by atoms with van der Waals surface area (Å²) in [6, 6.07) is 6.03. The lowest BCUT2D eigenvalue weighted by Crippen LogP contribution is -2.08. The van der Waals surface area contributed by atoms with Crippen LogP contribution < -0.4 is 5.32 Å². The van der Waals surface area contributed by atoms with Crippen molar-refractivity contribution in [2.45, 2.75) is 6.42 Å². The van der Waals surface area contributed by atoms with E-state index in [2.05, 4.69) is 37.2 Å². The lowest BCUT2D eigenvalue weighted by atomic mass is 10.3. The van der Waals surface area contributed by atoms with Gasteiger partial charge in [0.25, 0.3) is 0 Å². The zero-order valence-electron chi connectivity index (χ0n) is 9.84. The van der Waals surface area contributed by atoms with E-state index in [0.29, 0.717) is 13.2 Å². The van der Waals surface area contributed by atoms with Crippen molar-refractivity contribution >= 4 is 37.5 Å². The van der Waals surface area contributed by atoms with Gasteiger partial charge in [-0.3, -0.25) is 0 Å². The van der Waals surface area contributed by atoms with E-state index in [9.17, 15) is 0 Å². The molecule has 5 heteroatoms. The van der Waals surface area contributed by atoms with Gasteiger partial charge in [-0.15, -0.1) is 0 Å². The fraction of sp³-hybridized carbons (Fsp3) is 0.500. The van der Waals surface area contributed by atoms with E-state index >= 15 is 0 Å². The first-order valence-electron chi connectivity index (χ1n) is 5.50. The first kappa shape index (κ1) is 15.0. The molecule has 1 N–H and O–H groups in total. The van der Waals surface area contributed by atoms with Crippen molar-refractivity contribution in [2.24, 2.45) is 0 Å². The van der Waals surface area contributed by atoms with E-state index in [0.717, 1.165) is 34.2 Å². The molecule has 1 aromatic carbocycles. The van der Waals surface area contributed by atoms with Crippen LogP contribution in [0.4, 0.5) is 5.69 Å². The second-order valence-electron chi connectivity index (χ2n) is 3.48. The van der Waals surface area contributed by atoms with Crippen LogP contribution in [0.15, 0.2) is 27.1 Å².